The molecule has 4 rings (SSSR count). The molecule has 2 aromatic rings. The van der Waals surface area contributed by atoms with E-state index in [0.29, 0.717) is 38.0 Å². The van der Waals surface area contributed by atoms with Gasteiger partial charge in [0.15, 0.2) is 12.2 Å². The summed E-state index contributed by atoms with van der Waals surface area (Å²) in [5.74, 6) is -1.57. The van der Waals surface area contributed by atoms with E-state index in [1.54, 1.807) is 30.3 Å². The monoisotopic (exact) mass is 639 g/mol. The first kappa shape index (κ1) is 32.2. The van der Waals surface area contributed by atoms with Crippen molar-refractivity contribution in [2.24, 2.45) is 4.99 Å². The lowest BCUT2D eigenvalue weighted by Crippen LogP contribution is -2.51. The number of benzene rings is 2. The van der Waals surface area contributed by atoms with Crippen LogP contribution in [-0.2, 0) is 9.53 Å². The number of halogens is 3. The van der Waals surface area contributed by atoms with Crippen molar-refractivity contribution in [2.75, 3.05) is 62.7 Å². The molecule has 0 radical (unpaired) electrons. The topological polar surface area (TPSA) is 177 Å². The largest absolute Gasteiger partial charge is 0.378 e. The standard InChI is InChI=1S/C27H32Cl2FN7O6/c28-19-9-18(37-4-6-43-7-5-37)10-20(29)23(19)25(40)36-21(26(41)42)13-31-22(38)14-32-24(39)15-2-1-3-17(8-15)35-27-33-11-16(30)12-34-27/h1-3,8-10,16,21,26,41-42H,4-7,11-14H2,(H,31,38)(H,32,39)(H,36,40)(H2,33,34,35)/t21-/m1/s1. The summed E-state index contributed by atoms with van der Waals surface area (Å²) in [6.45, 7) is 1.74. The first-order chi connectivity index (χ1) is 20.6. The maximum atomic E-state index is 13.2. The molecule has 2 heterocycles. The minimum absolute atomic E-state index is 0.0341. The van der Waals surface area contributed by atoms with Crippen molar-refractivity contribution >= 4 is 58.3 Å². The Hall–Kier alpha value is -3.69. The van der Waals surface area contributed by atoms with E-state index in [1.165, 1.54) is 6.07 Å². The third-order valence-electron chi connectivity index (χ3n) is 6.56. The predicted molar refractivity (Wildman–Crippen MR) is 160 cm³/mol. The van der Waals surface area contributed by atoms with Crippen LogP contribution in [0.3, 0.4) is 0 Å². The Morgan fingerprint density at radius 2 is 1.81 bits per heavy atom. The van der Waals surface area contributed by atoms with Crippen molar-refractivity contribution in [3.63, 3.8) is 0 Å². The number of anilines is 2. The number of hydrogen-bond acceptors (Lipinski definition) is 10. The normalized spacial score (nSPS) is 17.4. The number of nitrogens with zero attached hydrogens (tertiary/aromatic N) is 2. The van der Waals surface area contributed by atoms with E-state index in [0.717, 1.165) is 5.69 Å². The molecule has 43 heavy (non-hydrogen) atoms. The molecule has 13 nitrogen and oxygen atoms in total. The van der Waals surface area contributed by atoms with Crippen LogP contribution in [0.1, 0.15) is 20.7 Å². The lowest BCUT2D eigenvalue weighted by molar-refractivity contribution is -0.121. The highest BCUT2D eigenvalue weighted by molar-refractivity contribution is 6.40. The molecule has 0 bridgehead atoms. The quantitative estimate of drug-likeness (QED) is 0.182. The van der Waals surface area contributed by atoms with Crippen LogP contribution in [0.4, 0.5) is 15.8 Å². The summed E-state index contributed by atoms with van der Waals surface area (Å²) in [6.07, 6.45) is -3.09. The second-order valence-corrected chi connectivity index (χ2v) is 10.6. The summed E-state index contributed by atoms with van der Waals surface area (Å²) in [5.41, 5.74) is 1.45. The molecule has 0 aliphatic carbocycles. The van der Waals surface area contributed by atoms with Crippen LogP contribution in [0.25, 0.3) is 0 Å². The fourth-order valence-electron chi connectivity index (χ4n) is 4.28. The van der Waals surface area contributed by atoms with Crippen molar-refractivity contribution in [1.82, 2.24) is 21.3 Å². The number of carbonyl (C=O) groups excluding carboxylic acids is 3. The van der Waals surface area contributed by atoms with Gasteiger partial charge in [-0.25, -0.2) is 9.38 Å². The molecule has 0 saturated carbocycles. The first-order valence-electron chi connectivity index (χ1n) is 13.4. The smallest absolute Gasteiger partial charge is 0.254 e. The molecular formula is C27H32Cl2FN7O6. The van der Waals surface area contributed by atoms with Gasteiger partial charge in [0.1, 0.15) is 6.17 Å². The number of aliphatic hydroxyl groups excluding tert-OH is 1. The van der Waals surface area contributed by atoms with Crippen LogP contribution in [0.15, 0.2) is 41.4 Å². The number of guanidine groups is 1. The van der Waals surface area contributed by atoms with Crippen molar-refractivity contribution in [1.29, 1.82) is 0 Å². The highest BCUT2D eigenvalue weighted by Crippen LogP contribution is 2.31. The van der Waals surface area contributed by atoms with E-state index in [-0.39, 0.29) is 40.8 Å². The average molecular weight is 641 g/mol. The number of ether oxygens (including phenoxy) is 1. The van der Waals surface area contributed by atoms with Gasteiger partial charge in [0, 0.05) is 36.6 Å². The third-order valence-corrected chi connectivity index (χ3v) is 7.16. The molecule has 0 aromatic heterocycles. The van der Waals surface area contributed by atoms with Crippen LogP contribution >= 0.6 is 23.2 Å². The Labute approximate surface area is 256 Å². The molecular weight excluding hydrogens is 608 g/mol. The molecule has 3 amide bonds. The Bertz CT molecular complexity index is 1340. The SMILES string of the molecule is O=C(CNC(=O)c1cccc(NC2=NCC(F)CN2)c1)NC[C@@H](NC(=O)c1c(Cl)cc(N2CCOCC2)cc1Cl)C(O)O. The van der Waals surface area contributed by atoms with E-state index < -0.39 is 42.8 Å². The Kier molecular flexibility index (Phi) is 11.4. The summed E-state index contributed by atoms with van der Waals surface area (Å²) in [5, 5.41) is 32.8. The maximum Gasteiger partial charge on any atom is 0.254 e. The van der Waals surface area contributed by atoms with Gasteiger partial charge >= 0.3 is 0 Å². The molecule has 7 N–H and O–H groups in total. The number of carbonyl (C=O) groups is 3. The number of hydrogen-bond donors (Lipinski definition) is 7. The van der Waals surface area contributed by atoms with Crippen LogP contribution in [0, 0.1) is 0 Å². The van der Waals surface area contributed by atoms with E-state index in [4.69, 9.17) is 27.9 Å². The van der Waals surface area contributed by atoms with Gasteiger partial charge in [-0.3, -0.25) is 14.4 Å². The number of amides is 3. The van der Waals surface area contributed by atoms with Crippen LogP contribution in [0.5, 0.6) is 0 Å². The molecule has 2 atom stereocenters. The molecule has 0 spiro atoms. The maximum absolute atomic E-state index is 13.2. The van der Waals surface area contributed by atoms with E-state index in [2.05, 4.69) is 31.6 Å². The van der Waals surface area contributed by atoms with Gasteiger partial charge < -0.3 is 46.4 Å². The summed E-state index contributed by atoms with van der Waals surface area (Å²) in [4.78, 5) is 44.0. The summed E-state index contributed by atoms with van der Waals surface area (Å²) in [7, 11) is 0. The number of rotatable bonds is 10. The van der Waals surface area contributed by atoms with Gasteiger partial charge in [-0.05, 0) is 30.3 Å². The second kappa shape index (κ2) is 15.2. The fourth-order valence-corrected chi connectivity index (χ4v) is 4.93. The zero-order valence-electron chi connectivity index (χ0n) is 22.9. The van der Waals surface area contributed by atoms with Crippen molar-refractivity contribution in [3.8, 4) is 0 Å². The highest BCUT2D eigenvalue weighted by Gasteiger charge is 2.25. The first-order valence-corrected chi connectivity index (χ1v) is 14.2. The highest BCUT2D eigenvalue weighted by atomic mass is 35.5. The minimum atomic E-state index is -2.03. The number of nitrogens with one attached hydrogen (secondary N) is 5. The lowest BCUT2D eigenvalue weighted by atomic mass is 10.1. The Morgan fingerprint density at radius 1 is 1.09 bits per heavy atom. The van der Waals surface area contributed by atoms with Gasteiger partial charge in [0.25, 0.3) is 11.8 Å². The van der Waals surface area contributed by atoms with E-state index in [1.807, 2.05) is 4.90 Å². The van der Waals surface area contributed by atoms with Crippen LogP contribution in [-0.4, -0.2) is 105 Å². The van der Waals surface area contributed by atoms with Gasteiger partial charge in [0.05, 0.1) is 54.5 Å². The van der Waals surface area contributed by atoms with Crippen molar-refractivity contribution in [2.45, 2.75) is 18.5 Å². The third kappa shape index (κ3) is 9.15. The molecule has 1 unspecified atom stereocenters. The van der Waals surface area contributed by atoms with E-state index >= 15 is 0 Å². The number of morpholine rings is 1. The Morgan fingerprint density at radius 3 is 2.47 bits per heavy atom. The van der Waals surface area contributed by atoms with Crippen molar-refractivity contribution < 1.29 is 33.7 Å². The lowest BCUT2D eigenvalue weighted by Gasteiger charge is -2.29. The number of aliphatic imine (C=N–C) groups is 1. The summed E-state index contributed by atoms with van der Waals surface area (Å²) < 4.78 is 18.6. The van der Waals surface area contributed by atoms with E-state index in [9.17, 15) is 29.0 Å². The minimum Gasteiger partial charge on any atom is -0.378 e. The van der Waals surface area contributed by atoms with Gasteiger partial charge in [-0.1, -0.05) is 29.3 Å². The molecule has 2 aromatic carbocycles. The predicted octanol–water partition coefficient (Wildman–Crippen LogP) is 0.495. The van der Waals surface area contributed by atoms with Crippen LogP contribution in [0.2, 0.25) is 10.0 Å². The van der Waals surface area contributed by atoms with Crippen molar-refractivity contribution in [3.05, 3.63) is 57.6 Å². The average Bonchev–Trinajstić information content (AvgIpc) is 2.99. The molecule has 2 aliphatic heterocycles. The summed E-state index contributed by atoms with van der Waals surface area (Å²) >= 11 is 12.7. The zero-order chi connectivity index (χ0) is 30.9. The number of aliphatic hydroxyl groups is 2. The molecule has 1 fully saturated rings. The molecule has 1 saturated heterocycles. The van der Waals surface area contributed by atoms with Crippen LogP contribution < -0.4 is 31.5 Å². The Balaban J connectivity index is 1.27. The molecule has 2 aliphatic rings. The fraction of sp³-hybridized carbons (Fsp3) is 0.407. The zero-order valence-corrected chi connectivity index (χ0v) is 24.4. The molecule has 16 heteroatoms. The second-order valence-electron chi connectivity index (χ2n) is 9.74. The van der Waals surface area contributed by atoms with Gasteiger partial charge in [-0.15, -0.1) is 0 Å². The number of alkyl halides is 1. The van der Waals surface area contributed by atoms with Gasteiger partial charge in [-0.2, -0.15) is 0 Å². The van der Waals surface area contributed by atoms with Gasteiger partial charge in [0.2, 0.25) is 5.91 Å². The molecule has 232 valence electrons. The summed E-state index contributed by atoms with van der Waals surface area (Å²) in [6, 6.07) is 8.28.